The Hall–Kier alpha value is -2.23. The van der Waals surface area contributed by atoms with Crippen LogP contribution in [0.1, 0.15) is 57.3 Å². The van der Waals surface area contributed by atoms with E-state index in [1.807, 2.05) is 31.4 Å². The molecule has 0 radical (unpaired) electrons. The Kier molecular flexibility index (Phi) is 6.42. The summed E-state index contributed by atoms with van der Waals surface area (Å²) in [6.45, 7) is 9.25. The summed E-state index contributed by atoms with van der Waals surface area (Å²) in [5, 5.41) is 6.49. The molecule has 1 aliphatic rings. The summed E-state index contributed by atoms with van der Waals surface area (Å²) in [7, 11) is -3.61. The van der Waals surface area contributed by atoms with Gasteiger partial charge in [-0.1, -0.05) is 12.5 Å². The van der Waals surface area contributed by atoms with E-state index < -0.39 is 10.0 Å². The molecular formula is C23H30N4O3S2. The lowest BCUT2D eigenvalue weighted by atomic mass is 10.1. The van der Waals surface area contributed by atoms with Crippen molar-refractivity contribution >= 4 is 27.1 Å². The molecule has 4 heterocycles. The van der Waals surface area contributed by atoms with Crippen LogP contribution < -0.4 is 0 Å². The van der Waals surface area contributed by atoms with Gasteiger partial charge in [0, 0.05) is 34.9 Å². The molecule has 9 heteroatoms. The van der Waals surface area contributed by atoms with Gasteiger partial charge in [0.2, 0.25) is 10.0 Å². The van der Waals surface area contributed by atoms with Crippen LogP contribution in [0.5, 0.6) is 0 Å². The highest BCUT2D eigenvalue weighted by atomic mass is 32.2. The number of rotatable bonds is 7. The van der Waals surface area contributed by atoms with Crippen LogP contribution in [0.2, 0.25) is 0 Å². The lowest BCUT2D eigenvalue weighted by molar-refractivity contribution is 0.0966. The van der Waals surface area contributed by atoms with Crippen molar-refractivity contribution in [2.24, 2.45) is 0 Å². The molecule has 0 unspecified atom stereocenters. The third kappa shape index (κ3) is 4.21. The van der Waals surface area contributed by atoms with Crippen LogP contribution in [0.3, 0.4) is 0 Å². The van der Waals surface area contributed by atoms with Gasteiger partial charge in [-0.15, -0.1) is 11.3 Å². The molecule has 1 aliphatic heterocycles. The van der Waals surface area contributed by atoms with Crippen LogP contribution in [0.4, 0.5) is 0 Å². The summed E-state index contributed by atoms with van der Waals surface area (Å²) in [4.78, 5) is 14.7. The number of Topliss-reactive ketones (excluding diaryl/α,β-unsaturated/α-hetero) is 1. The third-order valence-corrected chi connectivity index (χ3v) is 9.30. The standard InChI is InChI=1S/C23H30N4O3S2/c1-16-13-21(18(3)26(16)14-20-9-8-12-31-20)22(28)15-27-19(4)23(17(2)24-27)32(29,30)25-10-6-5-7-11-25/h8-9,12-13H,5-7,10-11,14-15H2,1-4H3. The molecule has 0 N–H and O–H groups in total. The summed E-state index contributed by atoms with van der Waals surface area (Å²) in [6, 6.07) is 6.03. The van der Waals surface area contributed by atoms with E-state index in [9.17, 15) is 13.2 Å². The lowest BCUT2D eigenvalue weighted by Crippen LogP contribution is -2.36. The summed E-state index contributed by atoms with van der Waals surface area (Å²) < 4.78 is 31.7. The number of nitrogens with zero attached hydrogens (tertiary/aromatic N) is 4. The number of carbonyl (C=O) groups is 1. The molecule has 3 aromatic rings. The molecule has 7 nitrogen and oxygen atoms in total. The van der Waals surface area contributed by atoms with Gasteiger partial charge >= 0.3 is 0 Å². The highest BCUT2D eigenvalue weighted by Gasteiger charge is 2.32. The Morgan fingerprint density at radius 3 is 2.47 bits per heavy atom. The van der Waals surface area contributed by atoms with Crippen molar-refractivity contribution in [1.82, 2.24) is 18.7 Å². The molecule has 4 rings (SSSR count). The maximum absolute atomic E-state index is 13.2. The monoisotopic (exact) mass is 474 g/mol. The predicted octanol–water partition coefficient (Wildman–Crippen LogP) is 4.09. The van der Waals surface area contributed by atoms with Crippen LogP contribution >= 0.6 is 11.3 Å². The first-order valence-corrected chi connectivity index (χ1v) is 13.3. The highest BCUT2D eigenvalue weighted by molar-refractivity contribution is 7.89. The van der Waals surface area contributed by atoms with Gasteiger partial charge in [0.1, 0.15) is 11.4 Å². The summed E-state index contributed by atoms with van der Waals surface area (Å²) in [5.41, 5.74) is 3.58. The van der Waals surface area contributed by atoms with Crippen molar-refractivity contribution in [2.75, 3.05) is 13.1 Å². The molecule has 0 aromatic carbocycles. The van der Waals surface area contributed by atoms with Gasteiger partial charge in [-0.2, -0.15) is 9.40 Å². The van der Waals surface area contributed by atoms with E-state index in [-0.39, 0.29) is 17.2 Å². The second-order valence-electron chi connectivity index (χ2n) is 8.50. The first kappa shape index (κ1) is 22.9. The molecule has 0 bridgehead atoms. The van der Waals surface area contributed by atoms with Gasteiger partial charge in [-0.3, -0.25) is 9.48 Å². The Balaban J connectivity index is 1.59. The maximum Gasteiger partial charge on any atom is 0.246 e. The van der Waals surface area contributed by atoms with Crippen molar-refractivity contribution < 1.29 is 13.2 Å². The van der Waals surface area contributed by atoms with Crippen LogP contribution in [0, 0.1) is 27.7 Å². The van der Waals surface area contributed by atoms with Crippen molar-refractivity contribution in [3.63, 3.8) is 0 Å². The molecule has 3 aromatic heterocycles. The number of aryl methyl sites for hydroxylation is 2. The Bertz CT molecular complexity index is 1230. The van der Waals surface area contributed by atoms with Crippen LogP contribution in [0.15, 0.2) is 28.5 Å². The van der Waals surface area contributed by atoms with Crippen molar-refractivity contribution in [3.8, 4) is 0 Å². The molecule has 0 saturated carbocycles. The lowest BCUT2D eigenvalue weighted by Gasteiger charge is -2.25. The van der Waals surface area contributed by atoms with Gasteiger partial charge < -0.3 is 4.57 Å². The number of sulfonamides is 1. The molecule has 0 aliphatic carbocycles. The predicted molar refractivity (Wildman–Crippen MR) is 126 cm³/mol. The average Bonchev–Trinajstić information content (AvgIpc) is 3.44. The molecule has 0 atom stereocenters. The van der Waals surface area contributed by atoms with E-state index in [2.05, 4.69) is 15.7 Å². The fourth-order valence-electron chi connectivity index (χ4n) is 4.55. The quantitative estimate of drug-likeness (QED) is 0.484. The average molecular weight is 475 g/mol. The minimum Gasteiger partial charge on any atom is -0.343 e. The second-order valence-corrected chi connectivity index (χ2v) is 11.4. The molecule has 0 spiro atoms. The fourth-order valence-corrected chi connectivity index (χ4v) is 7.13. The number of thiophene rings is 1. The molecule has 0 amide bonds. The zero-order valence-corrected chi connectivity index (χ0v) is 20.7. The van der Waals surface area contributed by atoms with Gasteiger partial charge in [0.25, 0.3) is 0 Å². The fraction of sp³-hybridized carbons (Fsp3) is 0.478. The number of piperidine rings is 1. The van der Waals surface area contributed by atoms with Crippen molar-refractivity contribution in [1.29, 1.82) is 0 Å². The maximum atomic E-state index is 13.2. The van der Waals surface area contributed by atoms with E-state index in [4.69, 9.17) is 0 Å². The topological polar surface area (TPSA) is 77.2 Å². The zero-order valence-electron chi connectivity index (χ0n) is 19.1. The normalized spacial score (nSPS) is 15.4. The molecule has 172 valence electrons. The van der Waals surface area contributed by atoms with Crippen LogP contribution in [-0.2, 0) is 23.1 Å². The van der Waals surface area contributed by atoms with Crippen molar-refractivity contribution in [2.45, 2.75) is 64.9 Å². The number of hydrogen-bond donors (Lipinski definition) is 0. The summed E-state index contributed by atoms with van der Waals surface area (Å²) >= 11 is 1.69. The second kappa shape index (κ2) is 8.96. The Labute approximate surface area is 193 Å². The summed E-state index contributed by atoms with van der Waals surface area (Å²) in [6.07, 6.45) is 2.82. The molecule has 32 heavy (non-hydrogen) atoms. The van der Waals surface area contributed by atoms with Gasteiger partial charge in [0.05, 0.1) is 17.9 Å². The molecule has 1 fully saturated rings. The number of hydrogen-bond acceptors (Lipinski definition) is 5. The van der Waals surface area contributed by atoms with Crippen LogP contribution in [-0.4, -0.2) is 45.9 Å². The summed E-state index contributed by atoms with van der Waals surface area (Å²) in [5.74, 6) is -0.0666. The number of carbonyl (C=O) groups excluding carboxylic acids is 1. The molecular weight excluding hydrogens is 444 g/mol. The number of ketones is 1. The van der Waals surface area contributed by atoms with E-state index in [1.165, 1.54) is 4.88 Å². The van der Waals surface area contributed by atoms with E-state index in [0.29, 0.717) is 30.0 Å². The highest BCUT2D eigenvalue weighted by Crippen LogP contribution is 2.27. The minimum atomic E-state index is -3.61. The Morgan fingerprint density at radius 1 is 1.09 bits per heavy atom. The van der Waals surface area contributed by atoms with Gasteiger partial charge in [-0.05, 0) is 58.0 Å². The largest absolute Gasteiger partial charge is 0.343 e. The molecule has 1 saturated heterocycles. The Morgan fingerprint density at radius 2 is 1.81 bits per heavy atom. The first-order valence-electron chi connectivity index (χ1n) is 11.0. The van der Waals surface area contributed by atoms with Gasteiger partial charge in [-0.25, -0.2) is 8.42 Å². The van der Waals surface area contributed by atoms with E-state index >= 15 is 0 Å². The van der Waals surface area contributed by atoms with Crippen molar-refractivity contribution in [3.05, 3.63) is 56.8 Å². The van der Waals surface area contributed by atoms with E-state index in [1.54, 1.807) is 34.2 Å². The third-order valence-electron chi connectivity index (χ3n) is 6.29. The SMILES string of the molecule is Cc1nn(CC(=O)c2cc(C)n(Cc3cccs3)c2C)c(C)c1S(=O)(=O)N1CCCCC1. The van der Waals surface area contributed by atoms with E-state index in [0.717, 1.165) is 37.2 Å². The smallest absolute Gasteiger partial charge is 0.246 e. The zero-order chi connectivity index (χ0) is 23.0. The van der Waals surface area contributed by atoms with Crippen LogP contribution in [0.25, 0.3) is 0 Å². The first-order chi connectivity index (χ1) is 15.2. The minimum absolute atomic E-state index is 0.0193. The number of aromatic nitrogens is 3. The van der Waals surface area contributed by atoms with Gasteiger partial charge in [0.15, 0.2) is 5.78 Å².